The van der Waals surface area contributed by atoms with E-state index in [-0.39, 0.29) is 5.82 Å². The highest BCUT2D eigenvalue weighted by Gasteiger charge is 2.05. The molecule has 0 aliphatic rings. The number of hydrogen-bond acceptors (Lipinski definition) is 2. The molecule has 0 amide bonds. The Morgan fingerprint density at radius 2 is 1.93 bits per heavy atom. The fraction of sp³-hybridized carbons (Fsp3) is 0.455. The Kier molecular flexibility index (Phi) is 3.89. The van der Waals surface area contributed by atoms with Gasteiger partial charge in [-0.1, -0.05) is 6.92 Å². The van der Waals surface area contributed by atoms with Gasteiger partial charge in [-0.15, -0.1) is 0 Å². The lowest BCUT2D eigenvalue weighted by Gasteiger charge is -2.22. The zero-order chi connectivity index (χ0) is 10.6. The summed E-state index contributed by atoms with van der Waals surface area (Å²) in [7, 11) is 1.99. The molecule has 78 valence electrons. The van der Waals surface area contributed by atoms with Crippen LogP contribution in [0.2, 0.25) is 0 Å². The van der Waals surface area contributed by atoms with Crippen LogP contribution < -0.4 is 10.6 Å². The van der Waals surface area contributed by atoms with Crippen LogP contribution in [0.5, 0.6) is 0 Å². The number of anilines is 1. The van der Waals surface area contributed by atoms with Crippen LogP contribution in [0.1, 0.15) is 6.92 Å². The molecule has 3 heteroatoms. The topological polar surface area (TPSA) is 29.3 Å². The lowest BCUT2D eigenvalue weighted by molar-refractivity contribution is 0.589. The number of nitrogens with zero attached hydrogens (tertiary/aromatic N) is 1. The van der Waals surface area contributed by atoms with Crippen molar-refractivity contribution in [3.8, 4) is 0 Å². The third kappa shape index (κ3) is 3.00. The molecule has 0 spiro atoms. The molecule has 0 saturated carbocycles. The highest BCUT2D eigenvalue weighted by Crippen LogP contribution is 2.14. The third-order valence-electron chi connectivity index (χ3n) is 2.26. The van der Waals surface area contributed by atoms with Crippen LogP contribution in [-0.2, 0) is 0 Å². The molecule has 1 rings (SSSR count). The van der Waals surface area contributed by atoms with Crippen LogP contribution in [0, 0.1) is 11.7 Å². The second kappa shape index (κ2) is 4.96. The van der Waals surface area contributed by atoms with Crippen LogP contribution in [0.25, 0.3) is 0 Å². The molecule has 0 aliphatic heterocycles. The fourth-order valence-electron chi connectivity index (χ4n) is 1.34. The Bertz CT molecular complexity index is 271. The van der Waals surface area contributed by atoms with Gasteiger partial charge < -0.3 is 10.6 Å². The minimum Gasteiger partial charge on any atom is -0.374 e. The summed E-state index contributed by atoms with van der Waals surface area (Å²) in [4.78, 5) is 2.08. The molecular formula is C11H17FN2. The molecule has 1 aromatic carbocycles. The van der Waals surface area contributed by atoms with Crippen LogP contribution in [0.15, 0.2) is 24.3 Å². The van der Waals surface area contributed by atoms with Gasteiger partial charge in [0.05, 0.1) is 0 Å². The summed E-state index contributed by atoms with van der Waals surface area (Å²) in [6, 6.07) is 6.50. The van der Waals surface area contributed by atoms with Gasteiger partial charge in [0.2, 0.25) is 0 Å². The largest absolute Gasteiger partial charge is 0.374 e. The predicted octanol–water partition coefficient (Wildman–Crippen LogP) is 1.86. The summed E-state index contributed by atoms with van der Waals surface area (Å²) in [5.74, 6) is 0.249. The van der Waals surface area contributed by atoms with E-state index < -0.39 is 0 Å². The van der Waals surface area contributed by atoms with E-state index in [2.05, 4.69) is 11.8 Å². The summed E-state index contributed by atoms with van der Waals surface area (Å²) in [6.07, 6.45) is 0. The van der Waals surface area contributed by atoms with Crippen molar-refractivity contribution in [1.29, 1.82) is 0 Å². The first-order chi connectivity index (χ1) is 6.63. The van der Waals surface area contributed by atoms with Crippen LogP contribution >= 0.6 is 0 Å². The molecule has 2 N–H and O–H groups in total. The van der Waals surface area contributed by atoms with Crippen molar-refractivity contribution < 1.29 is 4.39 Å². The van der Waals surface area contributed by atoms with Crippen LogP contribution in [0.4, 0.5) is 10.1 Å². The molecule has 1 aromatic rings. The summed E-state index contributed by atoms with van der Waals surface area (Å²) in [6.45, 7) is 3.66. The molecule has 1 unspecified atom stereocenters. The molecule has 2 nitrogen and oxygen atoms in total. The lowest BCUT2D eigenvalue weighted by atomic mass is 10.1. The number of halogens is 1. The minimum atomic E-state index is -0.200. The number of nitrogens with two attached hydrogens (primary N) is 1. The van der Waals surface area contributed by atoms with Gasteiger partial charge in [0.1, 0.15) is 5.82 Å². The van der Waals surface area contributed by atoms with Gasteiger partial charge in [0.15, 0.2) is 0 Å². The van der Waals surface area contributed by atoms with E-state index in [1.807, 2.05) is 7.05 Å². The average Bonchev–Trinajstić information content (AvgIpc) is 2.18. The first-order valence-electron chi connectivity index (χ1n) is 4.80. The van der Waals surface area contributed by atoms with Crippen LogP contribution in [-0.4, -0.2) is 20.1 Å². The van der Waals surface area contributed by atoms with Gasteiger partial charge >= 0.3 is 0 Å². The Hall–Kier alpha value is -1.09. The van der Waals surface area contributed by atoms with E-state index in [4.69, 9.17) is 5.73 Å². The lowest BCUT2D eigenvalue weighted by Crippen LogP contribution is -2.28. The SMILES string of the molecule is CC(CN)CN(C)c1ccc(F)cc1. The zero-order valence-electron chi connectivity index (χ0n) is 8.70. The summed E-state index contributed by atoms with van der Waals surface area (Å²) >= 11 is 0. The van der Waals surface area contributed by atoms with Gasteiger partial charge in [0, 0.05) is 19.3 Å². The first kappa shape index (κ1) is 11.0. The van der Waals surface area contributed by atoms with Crippen molar-refractivity contribution in [2.24, 2.45) is 11.7 Å². The Labute approximate surface area is 84.5 Å². The smallest absolute Gasteiger partial charge is 0.123 e. The first-order valence-corrected chi connectivity index (χ1v) is 4.80. The second-order valence-electron chi connectivity index (χ2n) is 3.70. The predicted molar refractivity (Wildman–Crippen MR) is 57.9 cm³/mol. The summed E-state index contributed by atoms with van der Waals surface area (Å²) in [5, 5.41) is 0. The normalized spacial score (nSPS) is 12.6. The van der Waals surface area contributed by atoms with Gasteiger partial charge in [-0.25, -0.2) is 4.39 Å². The van der Waals surface area contributed by atoms with Crippen LogP contribution in [0.3, 0.4) is 0 Å². The van der Waals surface area contributed by atoms with Crippen molar-refractivity contribution in [2.75, 3.05) is 25.0 Å². The Morgan fingerprint density at radius 3 is 2.43 bits per heavy atom. The maximum Gasteiger partial charge on any atom is 0.123 e. The molecule has 0 aromatic heterocycles. The Balaban J connectivity index is 2.60. The molecule has 1 atom stereocenters. The standard InChI is InChI=1S/C11H17FN2/c1-9(7-13)8-14(2)11-5-3-10(12)4-6-11/h3-6,9H,7-8,13H2,1-2H3. The molecule has 14 heavy (non-hydrogen) atoms. The molecular weight excluding hydrogens is 179 g/mol. The summed E-state index contributed by atoms with van der Waals surface area (Å²) < 4.78 is 12.6. The molecule has 0 saturated heterocycles. The van der Waals surface area contributed by atoms with Gasteiger partial charge in [-0.3, -0.25) is 0 Å². The van der Waals surface area contributed by atoms with E-state index >= 15 is 0 Å². The molecule has 0 bridgehead atoms. The van der Waals surface area contributed by atoms with E-state index in [1.54, 1.807) is 12.1 Å². The summed E-state index contributed by atoms with van der Waals surface area (Å²) in [5.41, 5.74) is 6.56. The van der Waals surface area contributed by atoms with Crippen molar-refractivity contribution >= 4 is 5.69 Å². The van der Waals surface area contributed by atoms with Crippen molar-refractivity contribution in [3.05, 3.63) is 30.1 Å². The van der Waals surface area contributed by atoms with E-state index in [0.29, 0.717) is 12.5 Å². The number of benzene rings is 1. The number of rotatable bonds is 4. The van der Waals surface area contributed by atoms with Gasteiger partial charge in [-0.2, -0.15) is 0 Å². The second-order valence-corrected chi connectivity index (χ2v) is 3.70. The zero-order valence-corrected chi connectivity index (χ0v) is 8.70. The minimum absolute atomic E-state index is 0.200. The van der Waals surface area contributed by atoms with Crippen molar-refractivity contribution in [3.63, 3.8) is 0 Å². The maximum atomic E-state index is 12.6. The Morgan fingerprint density at radius 1 is 1.36 bits per heavy atom. The molecule has 0 radical (unpaired) electrons. The third-order valence-corrected chi connectivity index (χ3v) is 2.26. The van der Waals surface area contributed by atoms with E-state index in [0.717, 1.165) is 12.2 Å². The van der Waals surface area contributed by atoms with Gasteiger partial charge in [-0.05, 0) is 36.7 Å². The van der Waals surface area contributed by atoms with Gasteiger partial charge in [0.25, 0.3) is 0 Å². The highest BCUT2D eigenvalue weighted by molar-refractivity contribution is 5.45. The fourth-order valence-corrected chi connectivity index (χ4v) is 1.34. The average molecular weight is 196 g/mol. The highest BCUT2D eigenvalue weighted by atomic mass is 19.1. The molecule has 0 aliphatic carbocycles. The van der Waals surface area contributed by atoms with E-state index in [9.17, 15) is 4.39 Å². The number of hydrogen-bond donors (Lipinski definition) is 1. The monoisotopic (exact) mass is 196 g/mol. The quantitative estimate of drug-likeness (QED) is 0.796. The maximum absolute atomic E-state index is 12.6. The van der Waals surface area contributed by atoms with E-state index in [1.165, 1.54) is 12.1 Å². The van der Waals surface area contributed by atoms with Crippen molar-refractivity contribution in [1.82, 2.24) is 0 Å². The molecule has 0 heterocycles. The van der Waals surface area contributed by atoms with Crippen molar-refractivity contribution in [2.45, 2.75) is 6.92 Å². The molecule has 0 fully saturated rings.